The number of allylic oxidation sites excluding steroid dienone is 2. The van der Waals surface area contributed by atoms with Crippen LogP contribution >= 0.6 is 11.8 Å². The predicted octanol–water partition coefficient (Wildman–Crippen LogP) is 4.83. The maximum absolute atomic E-state index is 13.0. The first-order valence-electron chi connectivity index (χ1n) is 7.36. The van der Waals surface area contributed by atoms with Crippen LogP contribution < -0.4 is 4.90 Å². The first-order valence-corrected chi connectivity index (χ1v) is 8.18. The van der Waals surface area contributed by atoms with Crippen LogP contribution in [0.25, 0.3) is 6.08 Å². The largest absolute Gasteiger partial charge is 0.278 e. The summed E-state index contributed by atoms with van der Waals surface area (Å²) in [6, 6.07) is 15.4. The molecule has 0 bridgehead atoms. The Morgan fingerprint density at radius 1 is 1.12 bits per heavy atom. The van der Waals surface area contributed by atoms with Gasteiger partial charge in [-0.05, 0) is 60.2 Å². The topological polar surface area (TPSA) is 44.2 Å². The Balaban J connectivity index is 1.85. The van der Waals surface area contributed by atoms with Crippen molar-refractivity contribution in [2.24, 2.45) is 0 Å². The van der Waals surface area contributed by atoms with E-state index >= 15 is 0 Å². The van der Waals surface area contributed by atoms with Crippen LogP contribution in [0.1, 0.15) is 12.5 Å². The summed E-state index contributed by atoms with van der Waals surface area (Å²) in [5, 5.41) is 8.15. The lowest BCUT2D eigenvalue weighted by molar-refractivity contribution is -0.113. The monoisotopic (exact) mass is 338 g/mol. The predicted molar refractivity (Wildman–Crippen MR) is 97.4 cm³/mol. The number of rotatable bonds is 3. The van der Waals surface area contributed by atoms with Gasteiger partial charge in [0.05, 0.1) is 10.6 Å². The normalized spacial score (nSPS) is 17.0. The Morgan fingerprint density at radius 2 is 1.79 bits per heavy atom. The van der Waals surface area contributed by atoms with Crippen molar-refractivity contribution in [2.75, 3.05) is 4.90 Å². The van der Waals surface area contributed by atoms with Crippen molar-refractivity contribution in [3.63, 3.8) is 0 Å². The third-order valence-electron chi connectivity index (χ3n) is 3.46. The van der Waals surface area contributed by atoms with Crippen LogP contribution in [0.3, 0.4) is 0 Å². The van der Waals surface area contributed by atoms with Crippen LogP contribution in [0.15, 0.2) is 71.2 Å². The summed E-state index contributed by atoms with van der Waals surface area (Å²) < 4.78 is 13.0. The molecule has 120 valence electrons. The summed E-state index contributed by atoms with van der Waals surface area (Å²) >= 11 is 1.11. The Bertz CT molecular complexity index is 841. The molecule has 5 heteroatoms. The molecule has 1 amide bonds. The van der Waals surface area contributed by atoms with E-state index in [9.17, 15) is 9.18 Å². The number of amides is 1. The van der Waals surface area contributed by atoms with E-state index in [-0.39, 0.29) is 16.9 Å². The van der Waals surface area contributed by atoms with Gasteiger partial charge in [0.15, 0.2) is 5.17 Å². The van der Waals surface area contributed by atoms with Crippen LogP contribution in [-0.2, 0) is 4.79 Å². The minimum Gasteiger partial charge on any atom is -0.278 e. The molecule has 3 rings (SSSR count). The van der Waals surface area contributed by atoms with Gasteiger partial charge in [0.25, 0.3) is 5.91 Å². The molecule has 1 aliphatic rings. The zero-order valence-electron chi connectivity index (χ0n) is 13.0. The number of nitrogens with zero attached hydrogens (tertiary/aromatic N) is 1. The number of nitrogens with one attached hydrogen (secondary N) is 1. The lowest BCUT2D eigenvalue weighted by atomic mass is 10.1. The first kappa shape index (κ1) is 16.2. The highest BCUT2D eigenvalue weighted by Gasteiger charge is 2.33. The molecule has 1 N–H and O–H groups in total. The quantitative estimate of drug-likeness (QED) is 0.815. The van der Waals surface area contributed by atoms with E-state index in [4.69, 9.17) is 5.41 Å². The molecule has 0 radical (unpaired) electrons. The molecular weight excluding hydrogens is 323 g/mol. The number of benzene rings is 2. The Hall–Kier alpha value is -2.66. The standard InChI is InChI=1S/C19H15FN2OS/c1-13(11-14-5-3-2-4-6-14)12-17-18(23)22(19(21)24-17)16-9-7-15(20)8-10-16/h2-12,21H,1H3/b13-11+,17-12-,21-19?. The Labute approximate surface area is 144 Å². The number of carbonyl (C=O) groups is 1. The fourth-order valence-corrected chi connectivity index (χ4v) is 3.28. The lowest BCUT2D eigenvalue weighted by Gasteiger charge is -2.13. The molecule has 0 saturated carbocycles. The number of halogens is 1. The average molecular weight is 338 g/mol. The van der Waals surface area contributed by atoms with Gasteiger partial charge in [-0.2, -0.15) is 0 Å². The van der Waals surface area contributed by atoms with Crippen molar-refractivity contribution in [3.8, 4) is 0 Å². The maximum Gasteiger partial charge on any atom is 0.271 e. The number of amidine groups is 1. The van der Waals surface area contributed by atoms with Crippen molar-refractivity contribution >= 4 is 34.6 Å². The highest BCUT2D eigenvalue weighted by atomic mass is 32.2. The summed E-state index contributed by atoms with van der Waals surface area (Å²) in [6.45, 7) is 1.91. The van der Waals surface area contributed by atoms with Gasteiger partial charge in [0.2, 0.25) is 0 Å². The second-order valence-electron chi connectivity index (χ2n) is 5.33. The number of thioether (sulfide) groups is 1. The molecule has 2 aromatic carbocycles. The molecule has 0 unspecified atom stereocenters. The zero-order chi connectivity index (χ0) is 17.1. The van der Waals surface area contributed by atoms with Crippen LogP contribution in [0.4, 0.5) is 10.1 Å². The fourth-order valence-electron chi connectivity index (χ4n) is 2.37. The third-order valence-corrected chi connectivity index (χ3v) is 4.35. The molecule has 0 atom stereocenters. The van der Waals surface area contributed by atoms with Crippen LogP contribution in [0.5, 0.6) is 0 Å². The van der Waals surface area contributed by atoms with Crippen LogP contribution in [0, 0.1) is 11.2 Å². The average Bonchev–Trinajstić information content (AvgIpc) is 2.83. The van der Waals surface area contributed by atoms with E-state index < -0.39 is 0 Å². The molecule has 24 heavy (non-hydrogen) atoms. The minimum atomic E-state index is -0.373. The van der Waals surface area contributed by atoms with Crippen molar-refractivity contribution in [1.82, 2.24) is 0 Å². The van der Waals surface area contributed by atoms with Gasteiger partial charge >= 0.3 is 0 Å². The van der Waals surface area contributed by atoms with Gasteiger partial charge in [-0.3, -0.25) is 15.1 Å². The lowest BCUT2D eigenvalue weighted by Crippen LogP contribution is -2.28. The smallest absolute Gasteiger partial charge is 0.271 e. The minimum absolute atomic E-state index is 0.116. The fraction of sp³-hybridized carbons (Fsp3) is 0.0526. The second-order valence-corrected chi connectivity index (χ2v) is 6.36. The molecule has 0 aliphatic carbocycles. The number of hydrogen-bond acceptors (Lipinski definition) is 3. The molecule has 0 aromatic heterocycles. The zero-order valence-corrected chi connectivity index (χ0v) is 13.8. The second kappa shape index (κ2) is 6.84. The van der Waals surface area contributed by atoms with Crippen molar-refractivity contribution in [3.05, 3.63) is 82.5 Å². The van der Waals surface area contributed by atoms with Gasteiger partial charge in [0, 0.05) is 0 Å². The first-order chi connectivity index (χ1) is 11.5. The highest BCUT2D eigenvalue weighted by molar-refractivity contribution is 8.19. The number of anilines is 1. The van der Waals surface area contributed by atoms with Crippen molar-refractivity contribution in [2.45, 2.75) is 6.92 Å². The highest BCUT2D eigenvalue weighted by Crippen LogP contribution is 2.34. The van der Waals surface area contributed by atoms with Crippen molar-refractivity contribution in [1.29, 1.82) is 5.41 Å². The molecule has 1 heterocycles. The summed E-state index contributed by atoms with van der Waals surface area (Å²) in [5.41, 5.74) is 2.46. The van der Waals surface area contributed by atoms with Crippen LogP contribution in [-0.4, -0.2) is 11.1 Å². The SMILES string of the molecule is CC(/C=C1\SC(=N)N(c2ccc(F)cc2)C1=O)=C\c1ccccc1. The molecule has 2 aromatic rings. The van der Waals surface area contributed by atoms with E-state index in [1.807, 2.05) is 43.3 Å². The Kier molecular flexibility index (Phi) is 4.62. The summed E-state index contributed by atoms with van der Waals surface area (Å²) in [6.07, 6.45) is 3.75. The molecule has 3 nitrogen and oxygen atoms in total. The van der Waals surface area contributed by atoms with Crippen molar-refractivity contribution < 1.29 is 9.18 Å². The molecule has 1 fully saturated rings. The molecule has 1 saturated heterocycles. The summed E-state index contributed by atoms with van der Waals surface area (Å²) in [4.78, 5) is 14.3. The summed E-state index contributed by atoms with van der Waals surface area (Å²) in [5.74, 6) is -0.639. The molecular formula is C19H15FN2OS. The van der Waals surface area contributed by atoms with Gasteiger partial charge in [-0.25, -0.2) is 4.39 Å². The molecule has 0 spiro atoms. The van der Waals surface area contributed by atoms with E-state index in [2.05, 4.69) is 0 Å². The molecule has 1 aliphatic heterocycles. The van der Waals surface area contributed by atoms with Crippen LogP contribution in [0.2, 0.25) is 0 Å². The van der Waals surface area contributed by atoms with E-state index in [1.54, 1.807) is 6.08 Å². The Morgan fingerprint density at radius 3 is 2.46 bits per heavy atom. The number of carbonyl (C=O) groups excluding carboxylic acids is 1. The van der Waals surface area contributed by atoms with E-state index in [1.165, 1.54) is 29.2 Å². The van der Waals surface area contributed by atoms with Gasteiger partial charge in [-0.1, -0.05) is 36.4 Å². The third kappa shape index (κ3) is 3.46. The van der Waals surface area contributed by atoms with Gasteiger partial charge in [-0.15, -0.1) is 0 Å². The van der Waals surface area contributed by atoms with Gasteiger partial charge < -0.3 is 0 Å². The number of hydrogen-bond donors (Lipinski definition) is 1. The maximum atomic E-state index is 13.0. The van der Waals surface area contributed by atoms with E-state index in [0.29, 0.717) is 10.6 Å². The van der Waals surface area contributed by atoms with Gasteiger partial charge in [0.1, 0.15) is 5.82 Å². The summed E-state index contributed by atoms with van der Waals surface area (Å²) in [7, 11) is 0. The van der Waals surface area contributed by atoms with E-state index in [0.717, 1.165) is 22.9 Å².